The second kappa shape index (κ2) is 4.59. The van der Waals surface area contributed by atoms with Crippen LogP contribution < -0.4 is 11.4 Å². The maximum absolute atomic E-state index is 13.7. The van der Waals surface area contributed by atoms with Gasteiger partial charge in [-0.25, -0.2) is 13.6 Å². The Balaban J connectivity index is 2.39. The average molecular weight is 263 g/mol. The van der Waals surface area contributed by atoms with Crippen molar-refractivity contribution in [2.24, 2.45) is 0 Å². The van der Waals surface area contributed by atoms with Crippen molar-refractivity contribution in [2.75, 3.05) is 12.3 Å². The monoisotopic (exact) mass is 263 g/mol. The molecule has 1 aliphatic heterocycles. The molecule has 1 saturated heterocycles. The summed E-state index contributed by atoms with van der Waals surface area (Å²) in [7, 11) is 0. The predicted molar refractivity (Wildman–Crippen MR) is 54.8 cm³/mol. The maximum Gasteiger partial charge on any atom is 0.351 e. The first-order valence-electron chi connectivity index (χ1n) is 5.08. The highest BCUT2D eigenvalue weighted by molar-refractivity contribution is 5.26. The molecule has 0 bridgehead atoms. The largest absolute Gasteiger partial charge is 0.394 e. The number of aromatic nitrogens is 2. The number of aliphatic hydroxyl groups excluding tert-OH is 2. The van der Waals surface area contributed by atoms with Gasteiger partial charge in [0.1, 0.15) is 12.2 Å². The minimum atomic E-state index is -1.98. The second-order valence-corrected chi connectivity index (χ2v) is 3.85. The first-order valence-corrected chi connectivity index (χ1v) is 5.08. The number of alkyl halides is 1. The molecule has 1 aromatic rings. The molecule has 0 unspecified atom stereocenters. The van der Waals surface area contributed by atoms with Crippen LogP contribution in [0, 0.1) is 5.82 Å². The van der Waals surface area contributed by atoms with E-state index in [4.69, 9.17) is 15.6 Å². The second-order valence-electron chi connectivity index (χ2n) is 3.85. The molecule has 1 aliphatic rings. The number of aliphatic hydroxyl groups is 2. The van der Waals surface area contributed by atoms with Crippen LogP contribution in [0.3, 0.4) is 0 Å². The summed E-state index contributed by atoms with van der Waals surface area (Å²) in [4.78, 5) is 14.6. The Bertz CT molecular complexity index is 509. The van der Waals surface area contributed by atoms with Gasteiger partial charge in [-0.15, -0.1) is 0 Å². The molecule has 0 spiro atoms. The topological polar surface area (TPSA) is 111 Å². The zero-order valence-corrected chi connectivity index (χ0v) is 9.03. The average Bonchev–Trinajstić information content (AvgIpc) is 2.61. The zero-order valence-electron chi connectivity index (χ0n) is 9.03. The van der Waals surface area contributed by atoms with E-state index < -0.39 is 48.5 Å². The van der Waals surface area contributed by atoms with Gasteiger partial charge >= 0.3 is 5.69 Å². The Morgan fingerprint density at radius 2 is 2.28 bits per heavy atom. The van der Waals surface area contributed by atoms with Crippen LogP contribution in [-0.2, 0) is 4.74 Å². The lowest BCUT2D eigenvalue weighted by Gasteiger charge is -2.15. The van der Waals surface area contributed by atoms with Gasteiger partial charge in [0.2, 0.25) is 0 Å². The van der Waals surface area contributed by atoms with Crippen molar-refractivity contribution in [3.05, 3.63) is 22.5 Å². The molecule has 4 atom stereocenters. The van der Waals surface area contributed by atoms with Gasteiger partial charge in [-0.3, -0.25) is 4.57 Å². The van der Waals surface area contributed by atoms with E-state index in [1.54, 1.807) is 0 Å². The van der Waals surface area contributed by atoms with Crippen molar-refractivity contribution in [1.29, 1.82) is 0 Å². The number of nitrogens with two attached hydrogens (primary N) is 1. The van der Waals surface area contributed by atoms with Crippen LogP contribution in [0.25, 0.3) is 0 Å². The van der Waals surface area contributed by atoms with Gasteiger partial charge in [-0.2, -0.15) is 4.98 Å². The van der Waals surface area contributed by atoms with E-state index in [0.29, 0.717) is 10.8 Å². The van der Waals surface area contributed by atoms with Crippen LogP contribution in [-0.4, -0.2) is 44.8 Å². The molecule has 9 heteroatoms. The quantitative estimate of drug-likeness (QED) is 0.602. The van der Waals surface area contributed by atoms with E-state index in [1.807, 2.05) is 0 Å². The summed E-state index contributed by atoms with van der Waals surface area (Å²) < 4.78 is 32.4. The minimum absolute atomic E-state index is 0.551. The lowest BCUT2D eigenvalue weighted by atomic mass is 10.1. The highest BCUT2D eigenvalue weighted by atomic mass is 19.1. The Kier molecular flexibility index (Phi) is 3.28. The third-order valence-corrected chi connectivity index (χ3v) is 2.68. The SMILES string of the molecule is Nc1nc(=O)n([C@@H]2O[C@H](CO)[C@H](O)[C@@H]2F)cc1F. The van der Waals surface area contributed by atoms with E-state index >= 15 is 0 Å². The fourth-order valence-electron chi connectivity index (χ4n) is 1.72. The van der Waals surface area contributed by atoms with Crippen LogP contribution in [0.1, 0.15) is 6.23 Å². The number of ether oxygens (including phenoxy) is 1. The Labute approximate surface area is 99.4 Å². The van der Waals surface area contributed by atoms with Crippen molar-refractivity contribution < 1.29 is 23.7 Å². The molecule has 1 aromatic heterocycles. The number of halogens is 2. The lowest BCUT2D eigenvalue weighted by Crippen LogP contribution is -2.34. The van der Waals surface area contributed by atoms with Crippen LogP contribution in [0.4, 0.5) is 14.6 Å². The van der Waals surface area contributed by atoms with E-state index in [1.165, 1.54) is 0 Å². The van der Waals surface area contributed by atoms with Gasteiger partial charge in [-0.1, -0.05) is 0 Å². The highest BCUT2D eigenvalue weighted by Crippen LogP contribution is 2.30. The molecular formula is C9H11F2N3O4. The number of rotatable bonds is 2. The molecule has 2 heterocycles. The molecule has 100 valence electrons. The standard InChI is InChI=1S/C9H11F2N3O4/c10-3-1-14(9(17)13-7(3)12)8-5(11)6(16)4(2-15)18-8/h1,4-6,8,15-16H,2H2,(H2,12,13,17)/t4-,5+,6+,8-/m1/s1. The normalized spacial score (nSPS) is 31.8. The molecular weight excluding hydrogens is 252 g/mol. The highest BCUT2D eigenvalue weighted by Gasteiger charge is 2.45. The molecule has 2 rings (SSSR count). The first-order chi connectivity index (χ1) is 8.45. The molecule has 18 heavy (non-hydrogen) atoms. The molecule has 0 amide bonds. The molecule has 1 fully saturated rings. The molecule has 0 radical (unpaired) electrons. The van der Waals surface area contributed by atoms with Crippen LogP contribution in [0.2, 0.25) is 0 Å². The third-order valence-electron chi connectivity index (χ3n) is 2.68. The predicted octanol–water partition coefficient (Wildman–Crippen LogP) is -1.45. The molecule has 7 nitrogen and oxygen atoms in total. The summed E-state index contributed by atoms with van der Waals surface area (Å²) >= 11 is 0. The Morgan fingerprint density at radius 3 is 2.83 bits per heavy atom. The van der Waals surface area contributed by atoms with Gasteiger partial charge in [-0.05, 0) is 0 Å². The van der Waals surface area contributed by atoms with E-state index in [-0.39, 0.29) is 0 Å². The number of hydrogen-bond donors (Lipinski definition) is 3. The van der Waals surface area contributed by atoms with Gasteiger partial charge in [0.15, 0.2) is 24.0 Å². The Morgan fingerprint density at radius 1 is 1.61 bits per heavy atom. The van der Waals surface area contributed by atoms with Crippen molar-refractivity contribution >= 4 is 5.82 Å². The summed E-state index contributed by atoms with van der Waals surface area (Å²) in [6.07, 6.45) is -5.67. The fraction of sp³-hybridized carbons (Fsp3) is 0.556. The summed E-state index contributed by atoms with van der Waals surface area (Å²) in [6, 6.07) is 0. The number of hydrogen-bond acceptors (Lipinski definition) is 6. The van der Waals surface area contributed by atoms with Crippen molar-refractivity contribution in [1.82, 2.24) is 9.55 Å². The smallest absolute Gasteiger partial charge is 0.351 e. The zero-order chi connectivity index (χ0) is 13.4. The number of nitrogen functional groups attached to an aromatic ring is 1. The lowest BCUT2D eigenvalue weighted by molar-refractivity contribution is -0.0494. The third kappa shape index (κ3) is 1.96. The van der Waals surface area contributed by atoms with E-state index in [9.17, 15) is 18.7 Å². The van der Waals surface area contributed by atoms with E-state index in [2.05, 4.69) is 4.98 Å². The summed E-state index contributed by atoms with van der Waals surface area (Å²) in [5.74, 6) is -1.61. The first kappa shape index (κ1) is 12.9. The maximum atomic E-state index is 13.7. The van der Waals surface area contributed by atoms with E-state index in [0.717, 1.165) is 0 Å². The van der Waals surface area contributed by atoms with Crippen molar-refractivity contribution in [2.45, 2.75) is 24.6 Å². The number of anilines is 1. The molecule has 0 aromatic carbocycles. The summed E-state index contributed by atoms with van der Waals surface area (Å²) in [5.41, 5.74) is 4.07. The minimum Gasteiger partial charge on any atom is -0.394 e. The van der Waals surface area contributed by atoms with Crippen LogP contribution >= 0.6 is 0 Å². The van der Waals surface area contributed by atoms with Gasteiger partial charge in [0.25, 0.3) is 0 Å². The fourth-order valence-corrected chi connectivity index (χ4v) is 1.72. The van der Waals surface area contributed by atoms with Gasteiger partial charge in [0.05, 0.1) is 12.8 Å². The summed E-state index contributed by atoms with van der Waals surface area (Å²) in [6.45, 7) is -0.627. The molecule has 0 aliphatic carbocycles. The van der Waals surface area contributed by atoms with Crippen LogP contribution in [0.5, 0.6) is 0 Å². The summed E-state index contributed by atoms with van der Waals surface area (Å²) in [5, 5.41) is 18.2. The van der Waals surface area contributed by atoms with Gasteiger partial charge < -0.3 is 20.7 Å². The molecule has 4 N–H and O–H groups in total. The Hall–Kier alpha value is -1.58. The molecule has 0 saturated carbocycles. The van der Waals surface area contributed by atoms with Crippen molar-refractivity contribution in [3.63, 3.8) is 0 Å². The number of nitrogens with zero attached hydrogens (tertiary/aromatic N) is 2. The van der Waals surface area contributed by atoms with Crippen molar-refractivity contribution in [3.8, 4) is 0 Å². The van der Waals surface area contributed by atoms with Crippen LogP contribution in [0.15, 0.2) is 11.0 Å². The van der Waals surface area contributed by atoms with Gasteiger partial charge in [0, 0.05) is 0 Å².